The van der Waals surface area contributed by atoms with Crippen molar-refractivity contribution in [1.29, 1.82) is 0 Å². The number of hydrogen-bond acceptors (Lipinski definition) is 3. The number of carbonyl (C=O) groups is 1. The second-order valence-corrected chi connectivity index (χ2v) is 7.87. The van der Waals surface area contributed by atoms with E-state index in [9.17, 15) is 4.79 Å². The van der Waals surface area contributed by atoms with Gasteiger partial charge in [0.2, 0.25) is 0 Å². The molecule has 1 saturated carbocycles. The zero-order valence-electron chi connectivity index (χ0n) is 13.3. The van der Waals surface area contributed by atoms with Crippen LogP contribution in [0, 0.1) is 10.8 Å². The van der Waals surface area contributed by atoms with Crippen molar-refractivity contribution >= 4 is 6.09 Å². The van der Waals surface area contributed by atoms with E-state index in [-0.39, 0.29) is 23.0 Å². The fourth-order valence-corrected chi connectivity index (χ4v) is 2.96. The lowest BCUT2D eigenvalue weighted by Crippen LogP contribution is -2.60. The van der Waals surface area contributed by atoms with E-state index in [1.807, 2.05) is 20.8 Å². The van der Waals surface area contributed by atoms with Crippen LogP contribution in [-0.2, 0) is 4.74 Å². The molecule has 3 N–H and O–H groups in total. The average molecular weight is 270 g/mol. The Morgan fingerprint density at radius 2 is 1.79 bits per heavy atom. The van der Waals surface area contributed by atoms with Crippen LogP contribution in [0.25, 0.3) is 0 Å². The van der Waals surface area contributed by atoms with Gasteiger partial charge in [-0.2, -0.15) is 0 Å². The Balaban J connectivity index is 2.80. The SMILES string of the molecule is CC(C)(C)OC(=O)NC(C(C)(C)C)C1(CN)CCC1. The second kappa shape index (κ2) is 5.31. The zero-order valence-corrected chi connectivity index (χ0v) is 13.3. The molecule has 0 heterocycles. The quantitative estimate of drug-likeness (QED) is 0.828. The molecule has 1 rings (SSSR count). The van der Waals surface area contributed by atoms with Gasteiger partial charge in [-0.15, -0.1) is 0 Å². The van der Waals surface area contributed by atoms with Crippen LogP contribution in [0.5, 0.6) is 0 Å². The van der Waals surface area contributed by atoms with Crippen molar-refractivity contribution in [2.24, 2.45) is 16.6 Å². The first-order chi connectivity index (χ1) is 8.50. The molecule has 19 heavy (non-hydrogen) atoms. The monoisotopic (exact) mass is 270 g/mol. The van der Waals surface area contributed by atoms with E-state index in [2.05, 4.69) is 26.1 Å². The molecule has 1 amide bonds. The van der Waals surface area contributed by atoms with Gasteiger partial charge < -0.3 is 15.8 Å². The summed E-state index contributed by atoms with van der Waals surface area (Å²) in [6.45, 7) is 12.7. The van der Waals surface area contributed by atoms with Crippen LogP contribution in [0.2, 0.25) is 0 Å². The third-order valence-electron chi connectivity index (χ3n) is 3.90. The van der Waals surface area contributed by atoms with Gasteiger partial charge in [0.1, 0.15) is 5.60 Å². The number of ether oxygens (including phenoxy) is 1. The lowest BCUT2D eigenvalue weighted by Gasteiger charge is -2.52. The third kappa shape index (κ3) is 4.10. The molecule has 0 spiro atoms. The van der Waals surface area contributed by atoms with Gasteiger partial charge in [0.25, 0.3) is 0 Å². The van der Waals surface area contributed by atoms with Crippen molar-refractivity contribution in [3.8, 4) is 0 Å². The largest absolute Gasteiger partial charge is 0.444 e. The highest BCUT2D eigenvalue weighted by Gasteiger charge is 2.48. The van der Waals surface area contributed by atoms with E-state index in [1.54, 1.807) is 0 Å². The molecule has 0 aliphatic heterocycles. The van der Waals surface area contributed by atoms with E-state index in [0.717, 1.165) is 12.8 Å². The number of amides is 1. The molecule has 1 aliphatic carbocycles. The Morgan fingerprint density at radius 1 is 1.26 bits per heavy atom. The smallest absolute Gasteiger partial charge is 0.407 e. The van der Waals surface area contributed by atoms with Crippen molar-refractivity contribution in [3.63, 3.8) is 0 Å². The summed E-state index contributed by atoms with van der Waals surface area (Å²) in [6.07, 6.45) is 3.02. The van der Waals surface area contributed by atoms with Gasteiger partial charge in [0.15, 0.2) is 0 Å². The van der Waals surface area contributed by atoms with E-state index < -0.39 is 5.60 Å². The predicted octanol–water partition coefficient (Wildman–Crippen LogP) is 3.05. The van der Waals surface area contributed by atoms with Crippen LogP contribution in [0.3, 0.4) is 0 Å². The minimum absolute atomic E-state index is 0.0311. The maximum Gasteiger partial charge on any atom is 0.407 e. The summed E-state index contributed by atoms with van der Waals surface area (Å²) >= 11 is 0. The first kappa shape index (κ1) is 16.3. The van der Waals surface area contributed by atoms with Crippen LogP contribution in [-0.4, -0.2) is 24.3 Å². The molecule has 0 radical (unpaired) electrons. The molecule has 1 unspecified atom stereocenters. The number of nitrogens with two attached hydrogens (primary N) is 1. The van der Waals surface area contributed by atoms with Crippen molar-refractivity contribution in [3.05, 3.63) is 0 Å². The van der Waals surface area contributed by atoms with E-state index in [1.165, 1.54) is 6.42 Å². The normalized spacial score (nSPS) is 20.4. The van der Waals surface area contributed by atoms with Crippen molar-refractivity contribution < 1.29 is 9.53 Å². The molecule has 0 saturated heterocycles. The molecule has 0 aromatic carbocycles. The van der Waals surface area contributed by atoms with Gasteiger partial charge >= 0.3 is 6.09 Å². The van der Waals surface area contributed by atoms with Crippen LogP contribution >= 0.6 is 0 Å². The summed E-state index contributed by atoms with van der Waals surface area (Å²) in [6, 6.07) is 0.0496. The molecule has 1 aliphatic rings. The number of nitrogens with one attached hydrogen (secondary N) is 1. The number of hydrogen-bond donors (Lipinski definition) is 2. The van der Waals surface area contributed by atoms with E-state index in [0.29, 0.717) is 6.54 Å². The molecule has 0 bridgehead atoms. The summed E-state index contributed by atoms with van der Waals surface area (Å²) in [5, 5.41) is 3.07. The summed E-state index contributed by atoms with van der Waals surface area (Å²) in [7, 11) is 0. The van der Waals surface area contributed by atoms with Gasteiger partial charge in [-0.25, -0.2) is 4.79 Å². The van der Waals surface area contributed by atoms with Crippen molar-refractivity contribution in [2.45, 2.75) is 72.4 Å². The molecule has 0 aromatic rings. The minimum Gasteiger partial charge on any atom is -0.444 e. The Labute approximate surface area is 117 Å². The molecule has 4 heteroatoms. The lowest BCUT2D eigenvalue weighted by atomic mass is 9.58. The van der Waals surface area contributed by atoms with Crippen LogP contribution in [0.4, 0.5) is 4.79 Å². The Kier molecular flexibility index (Phi) is 4.55. The third-order valence-corrected chi connectivity index (χ3v) is 3.90. The Morgan fingerprint density at radius 3 is 2.05 bits per heavy atom. The molecule has 1 fully saturated rings. The van der Waals surface area contributed by atoms with Gasteiger partial charge in [-0.1, -0.05) is 27.2 Å². The minimum atomic E-state index is -0.470. The Hall–Kier alpha value is -0.770. The second-order valence-electron chi connectivity index (χ2n) is 7.87. The molecular weight excluding hydrogens is 240 g/mol. The molecule has 1 atom stereocenters. The van der Waals surface area contributed by atoms with Crippen LogP contribution in [0.1, 0.15) is 60.8 Å². The molecule has 4 nitrogen and oxygen atoms in total. The molecule has 112 valence electrons. The fraction of sp³-hybridized carbons (Fsp3) is 0.933. The number of alkyl carbamates (subject to hydrolysis) is 1. The zero-order chi connectivity index (χ0) is 14.9. The lowest BCUT2D eigenvalue weighted by molar-refractivity contribution is 0.00453. The van der Waals surface area contributed by atoms with E-state index >= 15 is 0 Å². The van der Waals surface area contributed by atoms with Gasteiger partial charge in [-0.05, 0) is 45.6 Å². The predicted molar refractivity (Wildman–Crippen MR) is 78.0 cm³/mol. The van der Waals surface area contributed by atoms with Gasteiger partial charge in [-0.3, -0.25) is 0 Å². The maximum atomic E-state index is 12.0. The topological polar surface area (TPSA) is 64.3 Å². The van der Waals surface area contributed by atoms with Crippen LogP contribution in [0.15, 0.2) is 0 Å². The fourth-order valence-electron chi connectivity index (χ4n) is 2.96. The number of carbonyl (C=O) groups excluding carboxylic acids is 1. The summed E-state index contributed by atoms with van der Waals surface area (Å²) in [5.41, 5.74) is 5.51. The van der Waals surface area contributed by atoms with Crippen LogP contribution < -0.4 is 11.1 Å². The van der Waals surface area contributed by atoms with Gasteiger partial charge in [0, 0.05) is 11.5 Å². The highest BCUT2D eigenvalue weighted by molar-refractivity contribution is 5.68. The maximum absolute atomic E-state index is 12.0. The summed E-state index contributed by atoms with van der Waals surface area (Å²) in [5.74, 6) is 0. The Bertz CT molecular complexity index is 317. The number of rotatable bonds is 3. The highest BCUT2D eigenvalue weighted by atomic mass is 16.6. The first-order valence-electron chi connectivity index (χ1n) is 7.20. The summed E-state index contributed by atoms with van der Waals surface area (Å²) < 4.78 is 5.38. The molecule has 0 aromatic heterocycles. The summed E-state index contributed by atoms with van der Waals surface area (Å²) in [4.78, 5) is 12.0. The standard InChI is InChI=1S/C15H30N2O2/c1-13(2,3)11(15(10-16)8-7-9-15)17-12(18)19-14(4,5)6/h11H,7-10,16H2,1-6H3,(H,17,18). The van der Waals surface area contributed by atoms with Crippen molar-refractivity contribution in [1.82, 2.24) is 5.32 Å². The van der Waals surface area contributed by atoms with Gasteiger partial charge in [0.05, 0.1) is 0 Å². The molecular formula is C15H30N2O2. The van der Waals surface area contributed by atoms with E-state index in [4.69, 9.17) is 10.5 Å². The average Bonchev–Trinajstić information content (AvgIpc) is 2.10. The highest BCUT2D eigenvalue weighted by Crippen LogP contribution is 2.48. The first-order valence-corrected chi connectivity index (χ1v) is 7.20. The van der Waals surface area contributed by atoms with Crippen molar-refractivity contribution in [2.75, 3.05) is 6.54 Å².